The average molecular weight is 286 g/mol. The molecule has 0 aliphatic carbocycles. The minimum Gasteiger partial charge on any atom is -0.496 e. The van der Waals surface area contributed by atoms with Crippen LogP contribution in [0.3, 0.4) is 0 Å². The van der Waals surface area contributed by atoms with Crippen molar-refractivity contribution in [3.05, 3.63) is 57.3 Å². The number of methoxy groups -OCH3 is 1. The number of Topliss-reactive ketones (excluding diaryl/α,β-unsaturated/α-hetero) is 1. The number of nitrogens with zero attached hydrogens (tertiary/aromatic N) is 2. The molecule has 5 heteroatoms. The number of ether oxygens (including phenoxy) is 1. The second-order valence-corrected chi connectivity index (χ2v) is 4.95. The topological polar surface area (TPSA) is 61.2 Å². The van der Waals surface area contributed by atoms with Crippen molar-refractivity contribution in [1.29, 1.82) is 0 Å². The van der Waals surface area contributed by atoms with E-state index in [0.717, 1.165) is 5.56 Å². The number of aromatic nitrogens is 2. The van der Waals surface area contributed by atoms with E-state index in [-0.39, 0.29) is 11.3 Å². The van der Waals surface area contributed by atoms with Crippen molar-refractivity contribution in [2.24, 2.45) is 0 Å². The lowest BCUT2D eigenvalue weighted by molar-refractivity contribution is 0.101. The molecule has 1 aromatic carbocycles. The van der Waals surface area contributed by atoms with E-state index in [4.69, 9.17) is 4.74 Å². The Bertz CT molecular complexity index is 748. The summed E-state index contributed by atoms with van der Waals surface area (Å²) >= 11 is 0. The summed E-state index contributed by atoms with van der Waals surface area (Å²) in [7, 11) is 1.56. The van der Waals surface area contributed by atoms with Crippen LogP contribution in [0.15, 0.2) is 29.1 Å². The number of benzene rings is 1. The first-order valence-electron chi connectivity index (χ1n) is 6.65. The van der Waals surface area contributed by atoms with E-state index in [0.29, 0.717) is 29.4 Å². The van der Waals surface area contributed by atoms with E-state index in [1.54, 1.807) is 43.7 Å². The molecule has 0 saturated carbocycles. The first kappa shape index (κ1) is 15.0. The van der Waals surface area contributed by atoms with Crippen molar-refractivity contribution < 1.29 is 9.53 Å². The molecule has 0 fully saturated rings. The highest BCUT2D eigenvalue weighted by Gasteiger charge is 2.10. The maximum Gasteiger partial charge on any atom is 0.254 e. The molecule has 0 atom stereocenters. The van der Waals surface area contributed by atoms with Gasteiger partial charge in [0.2, 0.25) is 0 Å². The van der Waals surface area contributed by atoms with Crippen LogP contribution < -0.4 is 10.3 Å². The SMILES string of the molecule is COc1ccc(C(C)=O)cc1Cn1c(C)nc(C)cc1=O. The molecule has 0 spiro atoms. The second kappa shape index (κ2) is 5.91. The van der Waals surface area contributed by atoms with E-state index < -0.39 is 0 Å². The molecule has 0 unspecified atom stereocenters. The van der Waals surface area contributed by atoms with Crippen LogP contribution in [0, 0.1) is 13.8 Å². The molecule has 0 amide bonds. The number of hydrogen-bond donors (Lipinski definition) is 0. The molecular weight excluding hydrogens is 268 g/mol. The van der Waals surface area contributed by atoms with Crippen molar-refractivity contribution in [2.75, 3.05) is 7.11 Å². The lowest BCUT2D eigenvalue weighted by atomic mass is 10.1. The van der Waals surface area contributed by atoms with Gasteiger partial charge in [0.15, 0.2) is 5.78 Å². The third-order valence-electron chi connectivity index (χ3n) is 3.34. The van der Waals surface area contributed by atoms with Gasteiger partial charge in [-0.3, -0.25) is 14.2 Å². The fourth-order valence-corrected chi connectivity index (χ4v) is 2.25. The van der Waals surface area contributed by atoms with E-state index in [9.17, 15) is 9.59 Å². The lowest BCUT2D eigenvalue weighted by Crippen LogP contribution is -2.24. The molecule has 2 aromatic rings. The Morgan fingerprint density at radius 2 is 2.00 bits per heavy atom. The third-order valence-corrected chi connectivity index (χ3v) is 3.34. The van der Waals surface area contributed by atoms with Crippen LogP contribution in [0.1, 0.15) is 34.4 Å². The first-order valence-corrected chi connectivity index (χ1v) is 6.65. The van der Waals surface area contributed by atoms with Gasteiger partial charge in [0.1, 0.15) is 11.6 Å². The van der Waals surface area contributed by atoms with Crippen LogP contribution in [0.2, 0.25) is 0 Å². The molecule has 0 bridgehead atoms. The quantitative estimate of drug-likeness (QED) is 0.808. The summed E-state index contributed by atoms with van der Waals surface area (Å²) in [6.45, 7) is 5.41. The fourth-order valence-electron chi connectivity index (χ4n) is 2.25. The van der Waals surface area contributed by atoms with Crippen LogP contribution in [-0.4, -0.2) is 22.4 Å². The molecule has 0 aliphatic heterocycles. The Balaban J connectivity index is 2.50. The minimum atomic E-state index is -0.115. The first-order chi connectivity index (χ1) is 9.92. The maximum absolute atomic E-state index is 12.1. The molecule has 110 valence electrons. The van der Waals surface area contributed by atoms with Gasteiger partial charge in [-0.25, -0.2) is 4.98 Å². The standard InChI is InChI=1S/C16H18N2O3/c1-10-7-16(20)18(12(3)17-10)9-14-8-13(11(2)19)5-6-15(14)21-4/h5-8H,9H2,1-4H3. The zero-order chi connectivity index (χ0) is 15.6. The molecule has 0 saturated heterocycles. The number of carbonyl (C=O) groups excluding carboxylic acids is 1. The Kier molecular flexibility index (Phi) is 4.21. The van der Waals surface area contributed by atoms with Gasteiger partial charge in [-0.05, 0) is 39.0 Å². The van der Waals surface area contributed by atoms with E-state index in [1.165, 1.54) is 13.0 Å². The average Bonchev–Trinajstić information content (AvgIpc) is 2.42. The van der Waals surface area contributed by atoms with Gasteiger partial charge in [0.05, 0.1) is 13.7 Å². The summed E-state index contributed by atoms with van der Waals surface area (Å²) < 4.78 is 6.87. The molecule has 21 heavy (non-hydrogen) atoms. The van der Waals surface area contributed by atoms with Gasteiger partial charge in [0, 0.05) is 22.9 Å². The number of ketones is 1. The lowest BCUT2D eigenvalue weighted by Gasteiger charge is -2.13. The molecule has 0 aliphatic rings. The van der Waals surface area contributed by atoms with Crippen LogP contribution in [-0.2, 0) is 6.54 Å². The molecule has 1 aromatic heterocycles. The van der Waals surface area contributed by atoms with E-state index in [2.05, 4.69) is 4.98 Å². The van der Waals surface area contributed by atoms with Gasteiger partial charge in [-0.15, -0.1) is 0 Å². The highest BCUT2D eigenvalue weighted by Crippen LogP contribution is 2.21. The van der Waals surface area contributed by atoms with Gasteiger partial charge in [-0.1, -0.05) is 0 Å². The summed E-state index contributed by atoms with van der Waals surface area (Å²) in [6.07, 6.45) is 0. The smallest absolute Gasteiger partial charge is 0.254 e. The summed E-state index contributed by atoms with van der Waals surface area (Å²) in [6, 6.07) is 6.71. The number of hydrogen-bond acceptors (Lipinski definition) is 4. The Labute approximate surface area is 123 Å². The molecule has 5 nitrogen and oxygen atoms in total. The molecular formula is C16H18N2O3. The highest BCUT2D eigenvalue weighted by atomic mass is 16.5. The van der Waals surface area contributed by atoms with Crippen molar-refractivity contribution in [1.82, 2.24) is 9.55 Å². The number of carbonyl (C=O) groups is 1. The van der Waals surface area contributed by atoms with Crippen LogP contribution >= 0.6 is 0 Å². The maximum atomic E-state index is 12.1. The van der Waals surface area contributed by atoms with Crippen molar-refractivity contribution in [3.63, 3.8) is 0 Å². The molecule has 1 heterocycles. The zero-order valence-corrected chi connectivity index (χ0v) is 12.6. The Hall–Kier alpha value is -2.43. The third kappa shape index (κ3) is 3.18. The summed E-state index contributed by atoms with van der Waals surface area (Å²) in [4.78, 5) is 27.9. The molecule has 0 N–H and O–H groups in total. The van der Waals surface area contributed by atoms with Gasteiger partial charge >= 0.3 is 0 Å². The van der Waals surface area contributed by atoms with Gasteiger partial charge in [-0.2, -0.15) is 0 Å². The Morgan fingerprint density at radius 1 is 1.29 bits per heavy atom. The van der Waals surface area contributed by atoms with E-state index in [1.807, 2.05) is 0 Å². The van der Waals surface area contributed by atoms with Crippen molar-refractivity contribution in [2.45, 2.75) is 27.3 Å². The van der Waals surface area contributed by atoms with E-state index >= 15 is 0 Å². The second-order valence-electron chi connectivity index (χ2n) is 4.95. The fraction of sp³-hybridized carbons (Fsp3) is 0.312. The van der Waals surface area contributed by atoms with Gasteiger partial charge in [0.25, 0.3) is 5.56 Å². The minimum absolute atomic E-state index is 0.0231. The molecule has 2 rings (SSSR count). The van der Waals surface area contributed by atoms with Crippen molar-refractivity contribution in [3.8, 4) is 5.75 Å². The number of aryl methyl sites for hydroxylation is 2. The van der Waals surface area contributed by atoms with Crippen LogP contribution in [0.25, 0.3) is 0 Å². The molecule has 0 radical (unpaired) electrons. The van der Waals surface area contributed by atoms with Crippen molar-refractivity contribution >= 4 is 5.78 Å². The summed E-state index contributed by atoms with van der Waals surface area (Å²) in [5.74, 6) is 1.26. The monoisotopic (exact) mass is 286 g/mol. The van der Waals surface area contributed by atoms with Crippen LogP contribution in [0.4, 0.5) is 0 Å². The summed E-state index contributed by atoms with van der Waals surface area (Å²) in [5, 5.41) is 0. The predicted octanol–water partition coefficient (Wildman–Crippen LogP) is 2.12. The number of rotatable bonds is 4. The largest absolute Gasteiger partial charge is 0.496 e. The Morgan fingerprint density at radius 3 is 2.57 bits per heavy atom. The van der Waals surface area contributed by atoms with Gasteiger partial charge < -0.3 is 4.74 Å². The predicted molar refractivity (Wildman–Crippen MR) is 80.1 cm³/mol. The normalized spacial score (nSPS) is 10.5. The van der Waals surface area contributed by atoms with Crippen LogP contribution in [0.5, 0.6) is 5.75 Å². The zero-order valence-electron chi connectivity index (χ0n) is 12.6. The highest BCUT2D eigenvalue weighted by molar-refractivity contribution is 5.94. The summed E-state index contributed by atoms with van der Waals surface area (Å²) in [5.41, 5.74) is 1.95.